The van der Waals surface area contributed by atoms with Gasteiger partial charge in [-0.25, -0.2) is 4.79 Å². The molecule has 0 spiro atoms. The normalized spacial score (nSPS) is 9.80. The van der Waals surface area contributed by atoms with Gasteiger partial charge >= 0.3 is 5.97 Å². The first-order valence-electron chi connectivity index (χ1n) is 4.55. The fourth-order valence-corrected chi connectivity index (χ4v) is 1.13. The van der Waals surface area contributed by atoms with Gasteiger partial charge in [0.2, 0.25) is 0 Å². The maximum Gasteiger partial charge on any atom is 0.343 e. The standard InChI is InChI=1S/C11H14O4/c1-7-8(2)10(5-4-9(7)12)15-6-11(13)14-3/h4-5,12H,6H2,1-3H3. The Morgan fingerprint density at radius 1 is 1.33 bits per heavy atom. The van der Waals surface area contributed by atoms with Gasteiger partial charge < -0.3 is 14.6 Å². The highest BCUT2D eigenvalue weighted by atomic mass is 16.6. The van der Waals surface area contributed by atoms with Gasteiger partial charge in [0.15, 0.2) is 6.61 Å². The highest BCUT2D eigenvalue weighted by Crippen LogP contribution is 2.27. The molecule has 1 N–H and O–H groups in total. The predicted molar refractivity (Wildman–Crippen MR) is 55.1 cm³/mol. The smallest absolute Gasteiger partial charge is 0.343 e. The summed E-state index contributed by atoms with van der Waals surface area (Å²) < 4.78 is 9.69. The van der Waals surface area contributed by atoms with E-state index in [0.29, 0.717) is 5.75 Å². The van der Waals surface area contributed by atoms with Gasteiger partial charge in [0, 0.05) is 0 Å². The summed E-state index contributed by atoms with van der Waals surface area (Å²) in [5.74, 6) is 0.369. The summed E-state index contributed by atoms with van der Waals surface area (Å²) in [5.41, 5.74) is 1.57. The lowest BCUT2D eigenvalue weighted by Gasteiger charge is -2.10. The lowest BCUT2D eigenvalue weighted by molar-refractivity contribution is -0.142. The van der Waals surface area contributed by atoms with Crippen LogP contribution in [0.15, 0.2) is 12.1 Å². The molecule has 0 atom stereocenters. The molecule has 15 heavy (non-hydrogen) atoms. The van der Waals surface area contributed by atoms with Crippen LogP contribution in [0.2, 0.25) is 0 Å². The van der Waals surface area contributed by atoms with Gasteiger partial charge in [-0.2, -0.15) is 0 Å². The molecule has 0 amide bonds. The first-order chi connectivity index (χ1) is 7.06. The monoisotopic (exact) mass is 210 g/mol. The first-order valence-corrected chi connectivity index (χ1v) is 4.55. The lowest BCUT2D eigenvalue weighted by Crippen LogP contribution is -2.13. The lowest BCUT2D eigenvalue weighted by atomic mass is 10.1. The molecule has 0 heterocycles. The molecule has 1 aromatic rings. The third-order valence-corrected chi connectivity index (χ3v) is 2.28. The Bertz CT molecular complexity index is 371. The second kappa shape index (κ2) is 4.68. The quantitative estimate of drug-likeness (QED) is 0.769. The maximum absolute atomic E-state index is 10.9. The van der Waals surface area contributed by atoms with Gasteiger partial charge in [-0.1, -0.05) is 0 Å². The van der Waals surface area contributed by atoms with E-state index in [1.54, 1.807) is 13.0 Å². The molecule has 0 saturated carbocycles. The number of hydrogen-bond acceptors (Lipinski definition) is 4. The van der Waals surface area contributed by atoms with Crippen LogP contribution in [0.1, 0.15) is 11.1 Å². The van der Waals surface area contributed by atoms with Crippen molar-refractivity contribution in [2.75, 3.05) is 13.7 Å². The average molecular weight is 210 g/mol. The molecule has 82 valence electrons. The number of carbonyl (C=O) groups excluding carboxylic acids is 1. The van der Waals surface area contributed by atoms with Gasteiger partial charge in [-0.05, 0) is 37.1 Å². The Balaban J connectivity index is 2.78. The Morgan fingerprint density at radius 3 is 2.60 bits per heavy atom. The molecule has 4 heteroatoms. The number of phenols is 1. The van der Waals surface area contributed by atoms with E-state index < -0.39 is 5.97 Å². The van der Waals surface area contributed by atoms with E-state index in [1.165, 1.54) is 13.2 Å². The summed E-state index contributed by atoms with van der Waals surface area (Å²) in [5, 5.41) is 9.40. The number of esters is 1. The van der Waals surface area contributed by atoms with Crippen LogP contribution in [-0.2, 0) is 9.53 Å². The fourth-order valence-electron chi connectivity index (χ4n) is 1.13. The summed E-state index contributed by atoms with van der Waals surface area (Å²) in [4.78, 5) is 10.9. The zero-order valence-electron chi connectivity index (χ0n) is 9.03. The number of rotatable bonds is 3. The number of benzene rings is 1. The van der Waals surface area contributed by atoms with Crippen LogP contribution in [0.5, 0.6) is 11.5 Å². The molecule has 1 rings (SSSR count). The highest BCUT2D eigenvalue weighted by Gasteiger charge is 2.08. The first kappa shape index (κ1) is 11.4. The minimum atomic E-state index is -0.430. The van der Waals surface area contributed by atoms with E-state index in [9.17, 15) is 9.90 Å². The molecule has 0 saturated heterocycles. The summed E-state index contributed by atoms with van der Waals surface area (Å²) in [6.07, 6.45) is 0. The van der Waals surface area contributed by atoms with Gasteiger partial charge in [-0.3, -0.25) is 0 Å². The Kier molecular flexibility index (Phi) is 3.55. The molecule has 0 unspecified atom stereocenters. The summed E-state index contributed by atoms with van der Waals surface area (Å²) >= 11 is 0. The molecule has 0 bridgehead atoms. The van der Waals surface area contributed by atoms with Crippen molar-refractivity contribution in [2.24, 2.45) is 0 Å². The van der Waals surface area contributed by atoms with Crippen molar-refractivity contribution >= 4 is 5.97 Å². The number of hydrogen-bond donors (Lipinski definition) is 1. The summed E-state index contributed by atoms with van der Waals surface area (Å²) in [6.45, 7) is 3.49. The molecule has 0 radical (unpaired) electrons. The van der Waals surface area contributed by atoms with Crippen molar-refractivity contribution in [3.63, 3.8) is 0 Å². The average Bonchev–Trinajstić information content (AvgIpc) is 2.24. The van der Waals surface area contributed by atoms with Crippen LogP contribution in [0.25, 0.3) is 0 Å². The summed E-state index contributed by atoms with van der Waals surface area (Å²) in [7, 11) is 1.31. The molecular weight excluding hydrogens is 196 g/mol. The second-order valence-corrected chi connectivity index (χ2v) is 3.20. The highest BCUT2D eigenvalue weighted by molar-refractivity contribution is 5.71. The van der Waals surface area contributed by atoms with Crippen LogP contribution < -0.4 is 4.74 Å². The topological polar surface area (TPSA) is 55.8 Å². The van der Waals surface area contributed by atoms with Crippen LogP contribution >= 0.6 is 0 Å². The van der Waals surface area contributed by atoms with Crippen molar-refractivity contribution < 1.29 is 19.4 Å². The largest absolute Gasteiger partial charge is 0.508 e. The van der Waals surface area contributed by atoms with Crippen LogP contribution in [0.3, 0.4) is 0 Å². The minimum absolute atomic E-state index is 0.123. The number of carbonyl (C=O) groups is 1. The minimum Gasteiger partial charge on any atom is -0.508 e. The molecule has 0 aliphatic heterocycles. The van der Waals surface area contributed by atoms with Gasteiger partial charge in [0.1, 0.15) is 11.5 Å². The summed E-state index contributed by atoms with van der Waals surface area (Å²) in [6, 6.07) is 3.16. The number of aromatic hydroxyl groups is 1. The maximum atomic E-state index is 10.9. The van der Waals surface area contributed by atoms with Gasteiger partial charge in [0.25, 0.3) is 0 Å². The van der Waals surface area contributed by atoms with Crippen LogP contribution in [0.4, 0.5) is 0 Å². The van der Waals surface area contributed by atoms with E-state index in [2.05, 4.69) is 4.74 Å². The van der Waals surface area contributed by atoms with Crippen molar-refractivity contribution in [3.8, 4) is 11.5 Å². The Hall–Kier alpha value is -1.71. The van der Waals surface area contributed by atoms with E-state index in [1.807, 2.05) is 6.92 Å². The third kappa shape index (κ3) is 2.62. The SMILES string of the molecule is COC(=O)COc1ccc(O)c(C)c1C. The number of ether oxygens (including phenoxy) is 2. The van der Waals surface area contributed by atoms with Crippen molar-refractivity contribution in [3.05, 3.63) is 23.3 Å². The third-order valence-electron chi connectivity index (χ3n) is 2.28. The van der Waals surface area contributed by atoms with Gasteiger partial charge in [0.05, 0.1) is 7.11 Å². The Labute approximate surface area is 88.4 Å². The molecule has 0 fully saturated rings. The van der Waals surface area contributed by atoms with Crippen LogP contribution in [0, 0.1) is 13.8 Å². The van der Waals surface area contributed by atoms with E-state index in [-0.39, 0.29) is 12.4 Å². The zero-order valence-corrected chi connectivity index (χ0v) is 9.03. The Morgan fingerprint density at radius 2 is 2.00 bits per heavy atom. The van der Waals surface area contributed by atoms with Crippen molar-refractivity contribution in [1.82, 2.24) is 0 Å². The number of phenolic OH excluding ortho intramolecular Hbond substituents is 1. The van der Waals surface area contributed by atoms with Crippen LogP contribution in [-0.4, -0.2) is 24.8 Å². The fraction of sp³-hybridized carbons (Fsp3) is 0.364. The van der Waals surface area contributed by atoms with Crippen molar-refractivity contribution in [1.29, 1.82) is 0 Å². The molecule has 0 aliphatic carbocycles. The molecule has 1 aromatic carbocycles. The second-order valence-electron chi connectivity index (χ2n) is 3.20. The molecule has 4 nitrogen and oxygen atoms in total. The van der Waals surface area contributed by atoms with E-state index in [4.69, 9.17) is 4.74 Å². The van der Waals surface area contributed by atoms with Crippen molar-refractivity contribution in [2.45, 2.75) is 13.8 Å². The molecular formula is C11H14O4. The molecule has 0 aliphatic rings. The van der Waals surface area contributed by atoms with Gasteiger partial charge in [-0.15, -0.1) is 0 Å². The number of methoxy groups -OCH3 is 1. The van der Waals surface area contributed by atoms with E-state index >= 15 is 0 Å². The van der Waals surface area contributed by atoms with E-state index in [0.717, 1.165) is 11.1 Å². The predicted octanol–water partition coefficient (Wildman–Crippen LogP) is 1.56. The zero-order chi connectivity index (χ0) is 11.4. The molecule has 0 aromatic heterocycles.